The van der Waals surface area contributed by atoms with Crippen LogP contribution in [-0.4, -0.2) is 28.6 Å². The van der Waals surface area contributed by atoms with Crippen LogP contribution in [-0.2, 0) is 11.3 Å². The molecule has 0 bridgehead atoms. The monoisotopic (exact) mass is 376 g/mol. The van der Waals surface area contributed by atoms with Crippen molar-refractivity contribution in [3.63, 3.8) is 0 Å². The fraction of sp³-hybridized carbons (Fsp3) is 0.400. The summed E-state index contributed by atoms with van der Waals surface area (Å²) >= 11 is 6.09. The summed E-state index contributed by atoms with van der Waals surface area (Å²) in [6.07, 6.45) is -0.376. The van der Waals surface area contributed by atoms with Gasteiger partial charge in [0.25, 0.3) is 0 Å². The van der Waals surface area contributed by atoms with Gasteiger partial charge in [-0.2, -0.15) is 0 Å². The lowest BCUT2D eigenvalue weighted by Gasteiger charge is -2.24. The molecule has 0 spiro atoms. The van der Waals surface area contributed by atoms with E-state index in [9.17, 15) is 9.59 Å². The third-order valence-corrected chi connectivity index (χ3v) is 4.33. The van der Waals surface area contributed by atoms with Gasteiger partial charge in [-0.05, 0) is 45.7 Å². The quantitative estimate of drug-likeness (QED) is 0.845. The summed E-state index contributed by atoms with van der Waals surface area (Å²) in [5, 5.41) is 0.208. The number of nitrogens with one attached hydrogen (secondary N) is 1. The summed E-state index contributed by atoms with van der Waals surface area (Å²) in [6.45, 7) is 9.54. The minimum atomic E-state index is -0.529. The van der Waals surface area contributed by atoms with Gasteiger partial charge in [-0.3, -0.25) is 4.79 Å². The van der Waals surface area contributed by atoms with Crippen LogP contribution in [0, 0.1) is 13.8 Å². The van der Waals surface area contributed by atoms with Crippen LogP contribution in [0.4, 0.5) is 4.79 Å². The number of nitrogens with zero attached hydrogens (tertiary/aromatic N) is 1. The van der Waals surface area contributed by atoms with Crippen LogP contribution in [0.5, 0.6) is 0 Å². The molecule has 0 saturated heterocycles. The first-order chi connectivity index (χ1) is 12.0. The Balaban J connectivity index is 2.21. The number of halogens is 1. The number of aromatic amines is 1. The average Bonchev–Trinajstić information content (AvgIpc) is 2.52. The van der Waals surface area contributed by atoms with Crippen molar-refractivity contribution in [3.05, 3.63) is 56.5 Å². The van der Waals surface area contributed by atoms with Crippen LogP contribution in [0.1, 0.15) is 37.7 Å². The topological polar surface area (TPSA) is 62.4 Å². The zero-order valence-electron chi connectivity index (χ0n) is 16.1. The van der Waals surface area contributed by atoms with E-state index in [1.807, 2.05) is 52.0 Å². The fourth-order valence-corrected chi connectivity index (χ4v) is 2.79. The summed E-state index contributed by atoms with van der Waals surface area (Å²) < 4.78 is 5.35. The van der Waals surface area contributed by atoms with Crippen molar-refractivity contribution < 1.29 is 9.53 Å². The zero-order chi connectivity index (χ0) is 19.6. The molecule has 26 heavy (non-hydrogen) atoms. The molecular weight excluding hydrogens is 352 g/mol. The third kappa shape index (κ3) is 4.67. The maximum Gasteiger partial charge on any atom is 0.410 e. The van der Waals surface area contributed by atoms with E-state index in [4.69, 9.17) is 16.3 Å². The molecule has 1 aromatic carbocycles. The van der Waals surface area contributed by atoms with Crippen molar-refractivity contribution in [1.82, 2.24) is 9.88 Å². The second-order valence-corrected chi connectivity index (χ2v) is 7.80. The molecule has 2 aromatic rings. The highest BCUT2D eigenvalue weighted by molar-refractivity contribution is 6.31. The largest absolute Gasteiger partial charge is 0.444 e. The van der Waals surface area contributed by atoms with Crippen molar-refractivity contribution in [2.45, 2.75) is 46.8 Å². The predicted octanol–water partition coefficient (Wildman–Crippen LogP) is 4.68. The number of hydrogen-bond donors (Lipinski definition) is 1. The number of ether oxygens (including phenoxy) is 1. The highest BCUT2D eigenvalue weighted by atomic mass is 35.5. The number of benzene rings is 1. The zero-order valence-corrected chi connectivity index (χ0v) is 16.8. The minimum absolute atomic E-state index is 0.181. The van der Waals surface area contributed by atoms with Crippen LogP contribution in [0.15, 0.2) is 29.1 Å². The average molecular weight is 377 g/mol. The first-order valence-electron chi connectivity index (χ1n) is 8.42. The van der Waals surface area contributed by atoms with Gasteiger partial charge in [-0.15, -0.1) is 0 Å². The Hall–Kier alpha value is -2.27. The van der Waals surface area contributed by atoms with E-state index in [-0.39, 0.29) is 16.5 Å². The van der Waals surface area contributed by atoms with Crippen LogP contribution >= 0.6 is 11.6 Å². The van der Waals surface area contributed by atoms with Gasteiger partial charge in [0.2, 0.25) is 5.43 Å². The molecule has 6 heteroatoms. The van der Waals surface area contributed by atoms with Gasteiger partial charge in [0, 0.05) is 30.5 Å². The van der Waals surface area contributed by atoms with E-state index in [0.29, 0.717) is 17.8 Å². The highest BCUT2D eigenvalue weighted by Crippen LogP contribution is 2.23. The molecule has 0 saturated carbocycles. The number of H-pyrrole nitrogens is 1. The molecule has 0 atom stereocenters. The molecule has 1 amide bonds. The molecular formula is C20H25ClN2O3. The van der Waals surface area contributed by atoms with E-state index in [2.05, 4.69) is 4.98 Å². The van der Waals surface area contributed by atoms with Crippen LogP contribution in [0.25, 0.3) is 11.1 Å². The molecule has 0 aliphatic carbocycles. The maximum atomic E-state index is 12.5. The highest BCUT2D eigenvalue weighted by Gasteiger charge is 2.19. The van der Waals surface area contributed by atoms with Gasteiger partial charge < -0.3 is 14.6 Å². The Morgan fingerprint density at radius 2 is 1.73 bits per heavy atom. The van der Waals surface area contributed by atoms with Crippen LogP contribution in [0.3, 0.4) is 0 Å². The van der Waals surface area contributed by atoms with Crippen molar-refractivity contribution in [2.75, 3.05) is 7.05 Å². The smallest absolute Gasteiger partial charge is 0.410 e. The fourth-order valence-electron chi connectivity index (χ4n) is 2.65. The lowest BCUT2D eigenvalue weighted by molar-refractivity contribution is 0.0285. The van der Waals surface area contributed by atoms with E-state index in [1.165, 1.54) is 4.90 Å². The second kappa shape index (κ2) is 7.54. The first-order valence-corrected chi connectivity index (χ1v) is 8.80. The van der Waals surface area contributed by atoms with Gasteiger partial charge in [0.1, 0.15) is 10.6 Å². The molecule has 0 fully saturated rings. The lowest BCUT2D eigenvalue weighted by atomic mass is 10.0. The summed E-state index contributed by atoms with van der Waals surface area (Å²) in [4.78, 5) is 29.2. The van der Waals surface area contributed by atoms with Gasteiger partial charge >= 0.3 is 6.09 Å². The van der Waals surface area contributed by atoms with Gasteiger partial charge in [0.15, 0.2) is 0 Å². The molecule has 0 unspecified atom stereocenters. The Labute approximate surface area is 158 Å². The maximum absolute atomic E-state index is 12.5. The van der Waals surface area contributed by atoms with Crippen molar-refractivity contribution in [3.8, 4) is 11.1 Å². The minimum Gasteiger partial charge on any atom is -0.444 e. The van der Waals surface area contributed by atoms with Gasteiger partial charge in [-0.1, -0.05) is 35.9 Å². The Morgan fingerprint density at radius 3 is 2.27 bits per heavy atom. The summed E-state index contributed by atoms with van der Waals surface area (Å²) in [6, 6.07) is 7.51. The molecule has 0 aliphatic heterocycles. The van der Waals surface area contributed by atoms with Gasteiger partial charge in [0.05, 0.1) is 0 Å². The summed E-state index contributed by atoms with van der Waals surface area (Å²) in [5.41, 5.74) is 3.01. The molecule has 2 rings (SSSR count). The first kappa shape index (κ1) is 20.0. The second-order valence-electron chi connectivity index (χ2n) is 7.43. The Bertz CT molecular complexity index is 864. The number of carbonyl (C=O) groups is 1. The number of pyridine rings is 1. The number of carbonyl (C=O) groups excluding carboxylic acids is 1. The van der Waals surface area contributed by atoms with E-state index in [0.717, 1.165) is 16.8 Å². The van der Waals surface area contributed by atoms with E-state index in [1.54, 1.807) is 14.0 Å². The molecule has 1 N–H and O–H groups in total. The molecule has 1 aromatic heterocycles. The SMILES string of the molecule is Cc1[nH]c(C)c(-c2ccc(CN(C)C(=O)OC(C)(C)C)cc2)c(=O)c1Cl. The number of amides is 1. The number of aromatic nitrogens is 1. The molecule has 5 nitrogen and oxygen atoms in total. The van der Waals surface area contributed by atoms with Crippen molar-refractivity contribution in [1.29, 1.82) is 0 Å². The lowest BCUT2D eigenvalue weighted by Crippen LogP contribution is -2.33. The standard InChI is InChI=1S/C20H25ClN2O3/c1-12-16(18(24)17(21)13(2)22-12)15-9-7-14(8-10-15)11-23(6)19(25)26-20(3,4)5/h7-10H,11H2,1-6H3,(H,22,24). The van der Waals surface area contributed by atoms with Crippen molar-refractivity contribution in [2.24, 2.45) is 0 Å². The number of aryl methyl sites for hydroxylation is 2. The number of rotatable bonds is 3. The summed E-state index contributed by atoms with van der Waals surface area (Å²) in [5.74, 6) is 0. The normalized spacial score (nSPS) is 11.3. The molecule has 1 heterocycles. The summed E-state index contributed by atoms with van der Waals surface area (Å²) in [7, 11) is 1.69. The predicted molar refractivity (Wildman–Crippen MR) is 105 cm³/mol. The van der Waals surface area contributed by atoms with E-state index >= 15 is 0 Å². The number of hydrogen-bond acceptors (Lipinski definition) is 3. The van der Waals surface area contributed by atoms with Crippen molar-refractivity contribution >= 4 is 17.7 Å². The Morgan fingerprint density at radius 1 is 1.15 bits per heavy atom. The molecule has 0 radical (unpaired) electrons. The van der Waals surface area contributed by atoms with Crippen LogP contribution in [0.2, 0.25) is 5.02 Å². The van der Waals surface area contributed by atoms with Gasteiger partial charge in [-0.25, -0.2) is 4.79 Å². The molecule has 0 aliphatic rings. The van der Waals surface area contributed by atoms with E-state index < -0.39 is 5.60 Å². The molecule has 140 valence electrons. The Kier molecular flexibility index (Phi) is 5.81. The van der Waals surface area contributed by atoms with Crippen LogP contribution < -0.4 is 5.43 Å². The third-order valence-electron chi connectivity index (χ3n) is 3.87.